The highest BCUT2D eigenvalue weighted by atomic mass is 79.9. The average molecular weight is 485 g/mol. The van der Waals surface area contributed by atoms with Crippen molar-refractivity contribution in [3.8, 4) is 0 Å². The summed E-state index contributed by atoms with van der Waals surface area (Å²) in [7, 11) is -3.71. The van der Waals surface area contributed by atoms with Gasteiger partial charge in [0.1, 0.15) is 0 Å². The number of anilines is 2. The smallest absolute Gasteiger partial charge is 0.262 e. The average Bonchev–Trinajstić information content (AvgIpc) is 2.37. The molecule has 0 bridgehead atoms. The maximum absolute atomic E-state index is 12.3. The third kappa shape index (κ3) is 3.36. The maximum atomic E-state index is 12.3. The summed E-state index contributed by atoms with van der Waals surface area (Å²) in [6.45, 7) is 0. The van der Waals surface area contributed by atoms with Gasteiger partial charge in [-0.15, -0.1) is 0 Å². The van der Waals surface area contributed by atoms with Gasteiger partial charge in [0.25, 0.3) is 10.0 Å². The van der Waals surface area contributed by atoms with E-state index in [1.165, 1.54) is 12.1 Å². The zero-order chi connectivity index (χ0) is 14.9. The highest BCUT2D eigenvalue weighted by molar-refractivity contribution is 9.11. The first-order chi connectivity index (χ1) is 9.31. The Morgan fingerprint density at radius 3 is 2.10 bits per heavy atom. The van der Waals surface area contributed by atoms with Gasteiger partial charge in [-0.05, 0) is 78.1 Å². The van der Waals surface area contributed by atoms with Crippen LogP contribution in [0.15, 0.2) is 54.7 Å². The molecule has 0 spiro atoms. The van der Waals surface area contributed by atoms with E-state index >= 15 is 0 Å². The largest absolute Gasteiger partial charge is 0.398 e. The molecule has 3 N–H and O–H groups in total. The molecule has 2 aromatic carbocycles. The highest BCUT2D eigenvalue weighted by Crippen LogP contribution is 2.33. The number of nitrogens with one attached hydrogen (secondary N) is 1. The van der Waals surface area contributed by atoms with Gasteiger partial charge in [0.15, 0.2) is 0 Å². The normalized spacial score (nSPS) is 11.3. The van der Waals surface area contributed by atoms with Gasteiger partial charge in [-0.2, -0.15) is 0 Å². The molecule has 8 heteroatoms. The van der Waals surface area contributed by atoms with Crippen LogP contribution in [-0.2, 0) is 10.0 Å². The Morgan fingerprint density at radius 1 is 0.950 bits per heavy atom. The van der Waals surface area contributed by atoms with E-state index in [0.717, 1.165) is 0 Å². The molecule has 0 atom stereocenters. The molecule has 0 aliphatic heterocycles. The second kappa shape index (κ2) is 6.05. The van der Waals surface area contributed by atoms with E-state index in [0.29, 0.717) is 24.8 Å². The Hall–Kier alpha value is -0.570. The van der Waals surface area contributed by atoms with E-state index in [4.69, 9.17) is 5.73 Å². The molecule has 106 valence electrons. The van der Waals surface area contributed by atoms with Crippen LogP contribution in [-0.4, -0.2) is 8.42 Å². The van der Waals surface area contributed by atoms with Crippen molar-refractivity contribution in [1.82, 2.24) is 0 Å². The van der Waals surface area contributed by atoms with Gasteiger partial charge in [-0.3, -0.25) is 4.72 Å². The van der Waals surface area contributed by atoms with Crippen molar-refractivity contribution in [3.63, 3.8) is 0 Å². The number of nitrogens with two attached hydrogens (primary N) is 1. The summed E-state index contributed by atoms with van der Waals surface area (Å²) < 4.78 is 29.1. The Labute approximate surface area is 142 Å². The van der Waals surface area contributed by atoms with Gasteiger partial charge >= 0.3 is 0 Å². The molecular formula is C12H9Br3N2O2S. The number of nitrogen functional groups attached to an aromatic ring is 1. The highest BCUT2D eigenvalue weighted by Gasteiger charge is 2.18. The fourth-order valence-corrected chi connectivity index (χ4v) is 4.32. The zero-order valence-corrected chi connectivity index (χ0v) is 15.5. The molecule has 0 fully saturated rings. The number of rotatable bonds is 3. The Kier molecular flexibility index (Phi) is 4.78. The third-order valence-corrected chi connectivity index (χ3v) is 5.87. The third-order valence-electron chi connectivity index (χ3n) is 2.48. The quantitative estimate of drug-likeness (QED) is 0.636. The number of sulfonamides is 1. The number of hydrogen-bond donors (Lipinski definition) is 2. The fraction of sp³-hybridized carbons (Fsp3) is 0. The van der Waals surface area contributed by atoms with Crippen LogP contribution in [0.2, 0.25) is 0 Å². The lowest BCUT2D eigenvalue weighted by atomic mass is 10.3. The Morgan fingerprint density at radius 2 is 1.55 bits per heavy atom. The van der Waals surface area contributed by atoms with Crippen LogP contribution in [0.5, 0.6) is 0 Å². The zero-order valence-electron chi connectivity index (χ0n) is 9.90. The molecule has 0 heterocycles. The number of para-hydroxylation sites is 1. The van der Waals surface area contributed by atoms with Gasteiger partial charge in [-0.1, -0.05) is 6.07 Å². The molecule has 0 unspecified atom stereocenters. The molecule has 0 radical (unpaired) electrons. The Bertz CT molecular complexity index is 743. The lowest BCUT2D eigenvalue weighted by Gasteiger charge is -2.12. The van der Waals surface area contributed by atoms with Gasteiger partial charge in [0, 0.05) is 19.1 Å². The van der Waals surface area contributed by atoms with Crippen molar-refractivity contribution in [3.05, 3.63) is 49.8 Å². The maximum Gasteiger partial charge on any atom is 0.262 e. The first-order valence-electron chi connectivity index (χ1n) is 5.33. The van der Waals surface area contributed by atoms with Crippen LogP contribution in [0.25, 0.3) is 0 Å². The topological polar surface area (TPSA) is 72.2 Å². The molecule has 0 saturated carbocycles. The van der Waals surface area contributed by atoms with Gasteiger partial charge in [-0.25, -0.2) is 8.42 Å². The molecule has 4 nitrogen and oxygen atoms in total. The SMILES string of the molecule is Nc1cc(S(=O)(=O)Nc2c(Br)cccc2Br)ccc1Br. The summed E-state index contributed by atoms with van der Waals surface area (Å²) in [6, 6.07) is 9.77. The lowest BCUT2D eigenvalue weighted by Crippen LogP contribution is -2.14. The minimum Gasteiger partial charge on any atom is -0.398 e. The van der Waals surface area contributed by atoms with Gasteiger partial charge in [0.05, 0.1) is 10.6 Å². The predicted molar refractivity (Wildman–Crippen MR) is 91.2 cm³/mol. The van der Waals surface area contributed by atoms with Crippen molar-refractivity contribution >= 4 is 69.2 Å². The number of benzene rings is 2. The van der Waals surface area contributed by atoms with E-state index in [2.05, 4.69) is 52.5 Å². The second-order valence-electron chi connectivity index (χ2n) is 3.89. The van der Waals surface area contributed by atoms with Gasteiger partial charge < -0.3 is 5.73 Å². The van der Waals surface area contributed by atoms with Crippen LogP contribution in [0, 0.1) is 0 Å². The summed E-state index contributed by atoms with van der Waals surface area (Å²) in [5.74, 6) is 0. The van der Waals surface area contributed by atoms with Crippen molar-refractivity contribution in [2.75, 3.05) is 10.5 Å². The molecule has 0 aromatic heterocycles. The summed E-state index contributed by atoms with van der Waals surface area (Å²) in [5, 5.41) is 0. The molecule has 0 amide bonds. The monoisotopic (exact) mass is 482 g/mol. The minimum absolute atomic E-state index is 0.0980. The van der Waals surface area contributed by atoms with E-state index in [1.807, 2.05) is 0 Å². The number of halogens is 3. The number of hydrogen-bond acceptors (Lipinski definition) is 3. The molecule has 2 rings (SSSR count). The molecular weight excluding hydrogens is 476 g/mol. The Balaban J connectivity index is 2.43. The predicted octanol–water partition coefficient (Wildman–Crippen LogP) is 4.36. The first-order valence-corrected chi connectivity index (χ1v) is 9.19. The van der Waals surface area contributed by atoms with Crippen LogP contribution in [0.4, 0.5) is 11.4 Å². The van der Waals surface area contributed by atoms with Crippen LogP contribution in [0.3, 0.4) is 0 Å². The van der Waals surface area contributed by atoms with Crippen LogP contribution in [0.1, 0.15) is 0 Å². The molecule has 0 saturated heterocycles. The lowest BCUT2D eigenvalue weighted by molar-refractivity contribution is 0.601. The molecule has 20 heavy (non-hydrogen) atoms. The summed E-state index contributed by atoms with van der Waals surface area (Å²) in [6.07, 6.45) is 0. The fourth-order valence-electron chi connectivity index (χ4n) is 1.48. The second-order valence-corrected chi connectivity index (χ2v) is 8.13. The van der Waals surface area contributed by atoms with E-state index in [-0.39, 0.29) is 4.90 Å². The summed E-state index contributed by atoms with van der Waals surface area (Å²) in [4.78, 5) is 0.0980. The van der Waals surface area contributed by atoms with Crippen molar-refractivity contribution in [2.24, 2.45) is 0 Å². The van der Waals surface area contributed by atoms with Crippen molar-refractivity contribution < 1.29 is 8.42 Å². The van der Waals surface area contributed by atoms with Crippen molar-refractivity contribution in [1.29, 1.82) is 0 Å². The minimum atomic E-state index is -3.71. The van der Waals surface area contributed by atoms with E-state index < -0.39 is 10.0 Å². The van der Waals surface area contributed by atoms with Gasteiger partial charge in [0.2, 0.25) is 0 Å². The van der Waals surface area contributed by atoms with E-state index in [1.54, 1.807) is 24.3 Å². The molecule has 0 aliphatic carbocycles. The molecule has 0 aliphatic rings. The standard InChI is InChI=1S/C12H9Br3N2O2S/c13-8-5-4-7(6-11(8)16)20(18,19)17-12-9(14)2-1-3-10(12)15/h1-6,17H,16H2. The summed E-state index contributed by atoms with van der Waals surface area (Å²) in [5.41, 5.74) is 6.51. The van der Waals surface area contributed by atoms with E-state index in [9.17, 15) is 8.42 Å². The summed E-state index contributed by atoms with van der Waals surface area (Å²) >= 11 is 9.85. The van der Waals surface area contributed by atoms with Crippen LogP contribution < -0.4 is 10.5 Å². The van der Waals surface area contributed by atoms with Crippen molar-refractivity contribution in [2.45, 2.75) is 4.90 Å². The van der Waals surface area contributed by atoms with Crippen LogP contribution >= 0.6 is 47.8 Å². The first kappa shape index (κ1) is 15.8. The molecule has 2 aromatic rings.